The summed E-state index contributed by atoms with van der Waals surface area (Å²) in [6, 6.07) is 6.61. The summed E-state index contributed by atoms with van der Waals surface area (Å²) >= 11 is 0. The minimum atomic E-state index is -0.335. The fraction of sp³-hybridized carbons (Fsp3) is 0.542. The van der Waals surface area contributed by atoms with Gasteiger partial charge in [-0.2, -0.15) is 0 Å². The van der Waals surface area contributed by atoms with E-state index in [0.717, 1.165) is 55.2 Å². The van der Waals surface area contributed by atoms with Crippen LogP contribution in [-0.2, 0) is 6.54 Å². The number of aromatic nitrogens is 1. The molecule has 1 aliphatic rings. The monoisotopic (exact) mass is 414 g/mol. The van der Waals surface area contributed by atoms with Crippen LogP contribution in [0.2, 0.25) is 0 Å². The van der Waals surface area contributed by atoms with Crippen molar-refractivity contribution in [3.05, 3.63) is 52.6 Å². The molecule has 30 heavy (non-hydrogen) atoms. The first kappa shape index (κ1) is 22.3. The lowest BCUT2D eigenvalue weighted by atomic mass is 10.1. The van der Waals surface area contributed by atoms with Crippen LogP contribution in [-0.4, -0.2) is 53.6 Å². The molecule has 1 aliphatic heterocycles. The number of piperazine rings is 1. The number of nitrogens with zero attached hydrogens (tertiary/aromatic N) is 3. The summed E-state index contributed by atoms with van der Waals surface area (Å²) in [5.74, 6) is -0.344. The zero-order valence-corrected chi connectivity index (χ0v) is 19.2. The Balaban J connectivity index is 2.03. The molecule has 0 spiro atoms. The average molecular weight is 415 g/mol. The second-order valence-electron chi connectivity index (χ2n) is 9.25. The van der Waals surface area contributed by atoms with Crippen LogP contribution in [0.4, 0.5) is 10.1 Å². The number of benzene rings is 1. The molecule has 0 atom stereocenters. The van der Waals surface area contributed by atoms with E-state index in [1.807, 2.05) is 38.3 Å². The zero-order chi connectivity index (χ0) is 22.1. The summed E-state index contributed by atoms with van der Waals surface area (Å²) < 4.78 is 15.8. The molecule has 2 aromatic rings. The standard InChI is InChI=1S/C24H35FN4O/c1-7-27-11-13-28(14-12-27)21-17(2)22(23(30)26-24(4,5)6)29(18(21)3)16-19-9-8-10-20(25)15-19/h8-10,15H,7,11-14,16H2,1-6H3,(H,26,30). The second kappa shape index (κ2) is 8.80. The molecule has 1 aromatic heterocycles. The van der Waals surface area contributed by atoms with Crippen molar-refractivity contribution in [3.8, 4) is 0 Å². The molecule has 0 saturated carbocycles. The van der Waals surface area contributed by atoms with Gasteiger partial charge in [0.2, 0.25) is 0 Å². The predicted molar refractivity (Wildman–Crippen MR) is 121 cm³/mol. The Morgan fingerprint density at radius 1 is 1.13 bits per heavy atom. The molecule has 0 aliphatic carbocycles. The van der Waals surface area contributed by atoms with E-state index in [1.165, 1.54) is 6.07 Å². The summed E-state index contributed by atoms with van der Waals surface area (Å²) in [5, 5.41) is 3.11. The van der Waals surface area contributed by atoms with Crippen LogP contribution in [0.5, 0.6) is 0 Å². The van der Waals surface area contributed by atoms with Crippen LogP contribution in [0.15, 0.2) is 24.3 Å². The molecule has 0 radical (unpaired) electrons. The lowest BCUT2D eigenvalue weighted by Crippen LogP contribution is -2.46. The van der Waals surface area contributed by atoms with Crippen LogP contribution < -0.4 is 10.2 Å². The number of nitrogens with one attached hydrogen (secondary N) is 1. The van der Waals surface area contributed by atoms with Gasteiger partial charge in [0.05, 0.1) is 5.69 Å². The normalized spacial score (nSPS) is 15.5. The highest BCUT2D eigenvalue weighted by atomic mass is 19.1. The van der Waals surface area contributed by atoms with Gasteiger partial charge in [-0.25, -0.2) is 4.39 Å². The van der Waals surface area contributed by atoms with Crippen molar-refractivity contribution in [2.24, 2.45) is 0 Å². The highest BCUT2D eigenvalue weighted by Gasteiger charge is 2.29. The number of carbonyl (C=O) groups is 1. The smallest absolute Gasteiger partial charge is 0.268 e. The third kappa shape index (κ3) is 4.86. The lowest BCUT2D eigenvalue weighted by molar-refractivity contribution is 0.0909. The van der Waals surface area contributed by atoms with Crippen molar-refractivity contribution in [1.82, 2.24) is 14.8 Å². The summed E-state index contributed by atoms with van der Waals surface area (Å²) in [4.78, 5) is 18.1. The van der Waals surface area contributed by atoms with Gasteiger partial charge in [0.25, 0.3) is 5.91 Å². The summed E-state index contributed by atoms with van der Waals surface area (Å²) in [6.07, 6.45) is 0. The van der Waals surface area contributed by atoms with Crippen LogP contribution in [0.3, 0.4) is 0 Å². The van der Waals surface area contributed by atoms with Crippen molar-refractivity contribution < 1.29 is 9.18 Å². The Labute approximate surface area is 179 Å². The van der Waals surface area contributed by atoms with Gasteiger partial charge >= 0.3 is 0 Å². The van der Waals surface area contributed by atoms with Gasteiger partial charge in [0, 0.05) is 49.5 Å². The van der Waals surface area contributed by atoms with Gasteiger partial charge in [-0.05, 0) is 58.9 Å². The minimum absolute atomic E-state index is 0.0852. The summed E-state index contributed by atoms with van der Waals surface area (Å²) in [7, 11) is 0. The Hall–Kier alpha value is -2.34. The maximum absolute atomic E-state index is 13.8. The Bertz CT molecular complexity index is 905. The molecule has 1 aromatic carbocycles. The molecule has 0 bridgehead atoms. The van der Waals surface area contributed by atoms with Crippen LogP contribution in [0, 0.1) is 19.7 Å². The molecule has 1 N–H and O–H groups in total. The van der Waals surface area contributed by atoms with Crippen molar-refractivity contribution in [2.45, 2.75) is 53.6 Å². The molecule has 5 nitrogen and oxygen atoms in total. The van der Waals surface area contributed by atoms with Crippen molar-refractivity contribution in [1.29, 1.82) is 0 Å². The van der Waals surface area contributed by atoms with E-state index in [0.29, 0.717) is 12.2 Å². The largest absolute Gasteiger partial charge is 0.367 e. The minimum Gasteiger partial charge on any atom is -0.367 e. The number of anilines is 1. The van der Waals surface area contributed by atoms with E-state index >= 15 is 0 Å². The molecule has 1 saturated heterocycles. The van der Waals surface area contributed by atoms with E-state index in [-0.39, 0.29) is 17.3 Å². The predicted octanol–water partition coefficient (Wildman–Crippen LogP) is 3.96. The summed E-state index contributed by atoms with van der Waals surface area (Å²) in [5.41, 5.74) is 4.37. The van der Waals surface area contributed by atoms with Gasteiger partial charge in [-0.1, -0.05) is 19.1 Å². The maximum atomic E-state index is 13.8. The van der Waals surface area contributed by atoms with Gasteiger partial charge in [-0.15, -0.1) is 0 Å². The molecule has 0 unspecified atom stereocenters. The van der Waals surface area contributed by atoms with Crippen LogP contribution in [0.25, 0.3) is 0 Å². The quantitative estimate of drug-likeness (QED) is 0.805. The van der Waals surface area contributed by atoms with Crippen LogP contribution in [0.1, 0.15) is 55.0 Å². The molecular formula is C24H35FN4O. The van der Waals surface area contributed by atoms with Crippen molar-refractivity contribution in [2.75, 3.05) is 37.6 Å². The molecule has 3 rings (SSSR count). The van der Waals surface area contributed by atoms with E-state index in [9.17, 15) is 9.18 Å². The Morgan fingerprint density at radius 3 is 2.37 bits per heavy atom. The van der Waals surface area contributed by atoms with E-state index in [4.69, 9.17) is 0 Å². The number of carbonyl (C=O) groups excluding carboxylic acids is 1. The van der Waals surface area contributed by atoms with Crippen molar-refractivity contribution in [3.63, 3.8) is 0 Å². The highest BCUT2D eigenvalue weighted by Crippen LogP contribution is 2.32. The fourth-order valence-corrected chi connectivity index (χ4v) is 4.34. The van der Waals surface area contributed by atoms with Gasteiger partial charge in [0.15, 0.2) is 0 Å². The first-order valence-corrected chi connectivity index (χ1v) is 10.8. The zero-order valence-electron chi connectivity index (χ0n) is 19.2. The number of hydrogen-bond donors (Lipinski definition) is 1. The number of amides is 1. The summed E-state index contributed by atoms with van der Waals surface area (Å²) in [6.45, 7) is 17.7. The topological polar surface area (TPSA) is 40.5 Å². The molecule has 2 heterocycles. The number of halogens is 1. The number of hydrogen-bond acceptors (Lipinski definition) is 3. The van der Waals surface area contributed by atoms with Gasteiger partial charge < -0.3 is 19.7 Å². The average Bonchev–Trinajstić information content (AvgIpc) is 2.90. The first-order chi connectivity index (χ1) is 14.1. The first-order valence-electron chi connectivity index (χ1n) is 10.8. The molecule has 1 fully saturated rings. The van der Waals surface area contributed by atoms with E-state index < -0.39 is 0 Å². The fourth-order valence-electron chi connectivity index (χ4n) is 4.34. The van der Waals surface area contributed by atoms with Crippen molar-refractivity contribution >= 4 is 11.6 Å². The maximum Gasteiger partial charge on any atom is 0.268 e. The molecule has 164 valence electrons. The second-order valence-corrected chi connectivity index (χ2v) is 9.25. The van der Waals surface area contributed by atoms with Crippen LogP contribution >= 0.6 is 0 Å². The molecule has 1 amide bonds. The lowest BCUT2D eigenvalue weighted by Gasteiger charge is -2.36. The third-order valence-corrected chi connectivity index (χ3v) is 5.80. The van der Waals surface area contributed by atoms with Gasteiger partial charge in [0.1, 0.15) is 11.5 Å². The number of likely N-dealkylation sites (N-methyl/N-ethyl adjacent to an activating group) is 1. The van der Waals surface area contributed by atoms with E-state index in [2.05, 4.69) is 29.0 Å². The van der Waals surface area contributed by atoms with Gasteiger partial charge in [-0.3, -0.25) is 4.79 Å². The Morgan fingerprint density at radius 2 is 1.80 bits per heavy atom. The molecule has 6 heteroatoms. The number of rotatable bonds is 5. The van der Waals surface area contributed by atoms with E-state index in [1.54, 1.807) is 12.1 Å². The SMILES string of the molecule is CCN1CCN(c2c(C)c(C(=O)NC(C)(C)C)n(Cc3cccc(F)c3)c2C)CC1. The molecular weight excluding hydrogens is 379 g/mol. The highest BCUT2D eigenvalue weighted by molar-refractivity contribution is 5.97. The third-order valence-electron chi connectivity index (χ3n) is 5.80. The Kier molecular flexibility index (Phi) is 6.56.